The number of phosphoric acid groups is 1. The molecule has 1 aliphatic rings. The molecule has 15 heteroatoms. The summed E-state index contributed by atoms with van der Waals surface area (Å²) in [6.45, 7) is 2.87. The van der Waals surface area contributed by atoms with Crippen LogP contribution in [0.25, 0.3) is 0 Å². The molecule has 0 radical (unpaired) electrons. The number of aliphatic hydroxyl groups is 5. The molecule has 66 heavy (non-hydrogen) atoms. The molecule has 3 unspecified atom stereocenters. The summed E-state index contributed by atoms with van der Waals surface area (Å²) in [7, 11) is -5.21. The Kier molecular flexibility index (Phi) is 35.4. The fraction of sp³-hybridized carbons (Fsp3) is 0.549. The Morgan fingerprint density at radius 2 is 1.02 bits per heavy atom. The standard InChI is InChI=1S/C51H77O14P/c1-3-5-7-9-11-13-15-17-18-19-20-21-22-24-26-28-30-32-34-38-44(53)62-40-43(41-63-66(60,61)65-51-49(58)47(56)46(55)48(57)50(51)59)64-45(54)39-35-37-42(52)36-33-31-29-27-25-23-16-14-12-10-8-6-4-2/h5,7,11-14,17-18,20-21,23-26,29-33,36,43,46-51,55-59H,3-4,6,8-10,15-16,19,22,27-28,34-35,37-41H2,1-2H3,(H,60,61)/b7-5-,13-11-,14-12-,18-17-,21-20-,25-23-,26-24-,31-29-,32-30-,36-33+/t43-,46?,47-,48+,49-,50-,51?/m1/s1. The fourth-order valence-corrected chi connectivity index (χ4v) is 7.00. The summed E-state index contributed by atoms with van der Waals surface area (Å²) in [5, 5.41) is 50.1. The van der Waals surface area contributed by atoms with Gasteiger partial charge in [-0.2, -0.15) is 0 Å². The van der Waals surface area contributed by atoms with E-state index in [2.05, 4.69) is 80.7 Å². The van der Waals surface area contributed by atoms with Gasteiger partial charge in [0.1, 0.15) is 43.2 Å². The van der Waals surface area contributed by atoms with E-state index in [-0.39, 0.29) is 31.5 Å². The van der Waals surface area contributed by atoms with E-state index in [0.717, 1.165) is 51.4 Å². The van der Waals surface area contributed by atoms with Crippen molar-refractivity contribution in [1.82, 2.24) is 0 Å². The Labute approximate surface area is 392 Å². The van der Waals surface area contributed by atoms with Gasteiger partial charge in [-0.25, -0.2) is 4.57 Å². The van der Waals surface area contributed by atoms with Gasteiger partial charge in [0, 0.05) is 19.3 Å². The van der Waals surface area contributed by atoms with Crippen molar-refractivity contribution in [2.75, 3.05) is 13.2 Å². The van der Waals surface area contributed by atoms with Crippen molar-refractivity contribution in [1.29, 1.82) is 0 Å². The van der Waals surface area contributed by atoms with Crippen LogP contribution in [0, 0.1) is 0 Å². The number of allylic oxidation sites excluding steroid dienone is 20. The second-order valence-electron chi connectivity index (χ2n) is 15.6. The van der Waals surface area contributed by atoms with E-state index >= 15 is 0 Å². The first-order valence-corrected chi connectivity index (χ1v) is 24.8. The van der Waals surface area contributed by atoms with Crippen LogP contribution in [-0.2, 0) is 37.5 Å². The number of rotatable bonds is 36. The summed E-state index contributed by atoms with van der Waals surface area (Å²) < 4.78 is 33.2. The lowest BCUT2D eigenvalue weighted by Gasteiger charge is -2.41. The molecule has 0 bridgehead atoms. The van der Waals surface area contributed by atoms with Crippen LogP contribution in [0.2, 0.25) is 0 Å². The summed E-state index contributed by atoms with van der Waals surface area (Å²) >= 11 is 0. The fourth-order valence-electron chi connectivity index (χ4n) is 6.03. The lowest BCUT2D eigenvalue weighted by atomic mass is 9.85. The molecule has 0 amide bonds. The van der Waals surface area contributed by atoms with Crippen LogP contribution in [0.15, 0.2) is 122 Å². The van der Waals surface area contributed by atoms with Crippen LogP contribution in [0.1, 0.15) is 123 Å². The summed E-state index contributed by atoms with van der Waals surface area (Å²) in [5.74, 6) is -1.68. The molecule has 0 aromatic carbocycles. The Hall–Kier alpha value is -4.08. The number of carbonyl (C=O) groups is 3. The molecule has 0 heterocycles. The quantitative estimate of drug-likeness (QED) is 0.00864. The molecular formula is C51H77O14P. The maximum absolute atomic E-state index is 12.8. The van der Waals surface area contributed by atoms with Gasteiger partial charge in [-0.15, -0.1) is 0 Å². The van der Waals surface area contributed by atoms with Gasteiger partial charge in [0.25, 0.3) is 0 Å². The zero-order valence-corrected chi connectivity index (χ0v) is 39.8. The number of hydrogen-bond donors (Lipinski definition) is 6. The lowest BCUT2D eigenvalue weighted by Crippen LogP contribution is -2.64. The molecule has 1 aliphatic carbocycles. The normalized spacial score (nSPS) is 22.3. The molecule has 1 fully saturated rings. The third kappa shape index (κ3) is 31.0. The summed E-state index contributed by atoms with van der Waals surface area (Å²) in [5.41, 5.74) is 0. The maximum Gasteiger partial charge on any atom is 0.472 e. The van der Waals surface area contributed by atoms with Crippen molar-refractivity contribution in [3.63, 3.8) is 0 Å². The highest BCUT2D eigenvalue weighted by atomic mass is 31.2. The van der Waals surface area contributed by atoms with Crippen molar-refractivity contribution < 1.29 is 67.9 Å². The molecule has 1 saturated carbocycles. The predicted octanol–water partition coefficient (Wildman–Crippen LogP) is 8.56. The van der Waals surface area contributed by atoms with Crippen LogP contribution < -0.4 is 0 Å². The number of ketones is 1. The Morgan fingerprint density at radius 3 is 1.55 bits per heavy atom. The number of phosphoric ester groups is 1. The molecule has 8 atom stereocenters. The van der Waals surface area contributed by atoms with E-state index in [4.69, 9.17) is 18.5 Å². The van der Waals surface area contributed by atoms with Gasteiger partial charge >= 0.3 is 19.8 Å². The molecule has 0 aromatic heterocycles. The second kappa shape index (κ2) is 39.0. The first-order valence-electron chi connectivity index (χ1n) is 23.3. The molecular weight excluding hydrogens is 868 g/mol. The summed E-state index contributed by atoms with van der Waals surface area (Å²) in [6, 6.07) is 0. The van der Waals surface area contributed by atoms with E-state index < -0.39 is 75.7 Å². The highest BCUT2D eigenvalue weighted by Gasteiger charge is 2.51. The number of unbranched alkanes of at least 4 members (excludes halogenated alkanes) is 3. The number of esters is 2. The van der Waals surface area contributed by atoms with Crippen LogP contribution in [0.5, 0.6) is 0 Å². The van der Waals surface area contributed by atoms with Crippen molar-refractivity contribution in [3.8, 4) is 0 Å². The van der Waals surface area contributed by atoms with Crippen LogP contribution in [-0.4, -0.2) is 104 Å². The Bertz CT molecular complexity index is 1670. The van der Waals surface area contributed by atoms with Crippen LogP contribution in [0.3, 0.4) is 0 Å². The highest BCUT2D eigenvalue weighted by molar-refractivity contribution is 7.47. The Morgan fingerprint density at radius 1 is 0.530 bits per heavy atom. The third-order valence-corrected chi connectivity index (χ3v) is 10.8. The van der Waals surface area contributed by atoms with Gasteiger partial charge in [-0.3, -0.25) is 23.4 Å². The van der Waals surface area contributed by atoms with E-state index in [1.54, 1.807) is 12.2 Å². The molecule has 0 saturated heterocycles. The van der Waals surface area contributed by atoms with Crippen molar-refractivity contribution >= 4 is 25.5 Å². The molecule has 1 rings (SSSR count). The van der Waals surface area contributed by atoms with Crippen LogP contribution in [0.4, 0.5) is 0 Å². The van der Waals surface area contributed by atoms with Gasteiger partial charge in [-0.05, 0) is 83.1 Å². The number of ether oxygens (including phenoxy) is 2. The van der Waals surface area contributed by atoms with Crippen LogP contribution >= 0.6 is 7.82 Å². The first-order chi connectivity index (χ1) is 31.8. The minimum Gasteiger partial charge on any atom is -0.462 e. The number of hydrogen-bond acceptors (Lipinski definition) is 13. The maximum atomic E-state index is 12.8. The predicted molar refractivity (Wildman–Crippen MR) is 258 cm³/mol. The largest absolute Gasteiger partial charge is 0.472 e. The molecule has 6 N–H and O–H groups in total. The topological polar surface area (TPSA) is 227 Å². The molecule has 14 nitrogen and oxygen atoms in total. The van der Waals surface area contributed by atoms with Gasteiger partial charge in [0.2, 0.25) is 0 Å². The zero-order chi connectivity index (χ0) is 48.7. The number of aliphatic hydroxyl groups excluding tert-OH is 5. The molecule has 0 aromatic rings. The van der Waals surface area contributed by atoms with Gasteiger partial charge in [-0.1, -0.05) is 142 Å². The van der Waals surface area contributed by atoms with Gasteiger partial charge < -0.3 is 39.9 Å². The van der Waals surface area contributed by atoms with E-state index in [0.29, 0.717) is 12.8 Å². The van der Waals surface area contributed by atoms with Crippen molar-refractivity contribution in [2.45, 2.75) is 166 Å². The summed E-state index contributed by atoms with van der Waals surface area (Å²) in [6.07, 6.45) is 38.3. The SMILES string of the molecule is CC/C=C\C/C=C\C/C=C\C/C=C\C/C=C\C/C=C\CCC(=O)OC[C@H](COP(=O)(O)OC1[C@H](O)[C@H](O)C(O)[C@H](O)[C@H]1O)OC(=O)CCCC(=O)/C=C/C=C\C/C=C\C/C=C\CCCCC. The average molecular weight is 945 g/mol. The molecule has 370 valence electrons. The highest BCUT2D eigenvalue weighted by Crippen LogP contribution is 2.47. The second-order valence-corrected chi connectivity index (χ2v) is 17.0. The van der Waals surface area contributed by atoms with E-state index in [1.807, 2.05) is 36.5 Å². The minimum absolute atomic E-state index is 0.0162. The van der Waals surface area contributed by atoms with Gasteiger partial charge in [0.05, 0.1) is 6.61 Å². The minimum atomic E-state index is -5.21. The third-order valence-electron chi connectivity index (χ3n) is 9.78. The molecule has 0 spiro atoms. The average Bonchev–Trinajstić information content (AvgIpc) is 3.29. The van der Waals surface area contributed by atoms with E-state index in [1.165, 1.54) is 25.3 Å². The van der Waals surface area contributed by atoms with Crippen molar-refractivity contribution in [2.24, 2.45) is 0 Å². The monoisotopic (exact) mass is 945 g/mol. The summed E-state index contributed by atoms with van der Waals surface area (Å²) in [4.78, 5) is 48.0. The van der Waals surface area contributed by atoms with Gasteiger partial charge in [0.15, 0.2) is 11.9 Å². The van der Waals surface area contributed by atoms with E-state index in [9.17, 15) is 49.4 Å². The smallest absolute Gasteiger partial charge is 0.462 e. The zero-order valence-electron chi connectivity index (χ0n) is 38.9. The first kappa shape index (κ1) is 59.9. The lowest BCUT2D eigenvalue weighted by molar-refractivity contribution is -0.220. The Balaban J connectivity index is 2.61. The van der Waals surface area contributed by atoms with Crippen molar-refractivity contribution in [3.05, 3.63) is 122 Å². The number of carbonyl (C=O) groups excluding carboxylic acids is 3. The molecule has 0 aliphatic heterocycles.